The fourth-order valence-electron chi connectivity index (χ4n) is 3.26. The van der Waals surface area contributed by atoms with E-state index in [1.807, 2.05) is 0 Å². The van der Waals surface area contributed by atoms with Crippen LogP contribution in [0.1, 0.15) is 33.4 Å². The van der Waals surface area contributed by atoms with Crippen molar-refractivity contribution in [2.75, 3.05) is 13.1 Å². The van der Waals surface area contributed by atoms with Crippen LogP contribution in [0.4, 0.5) is 9.18 Å². The lowest BCUT2D eigenvalue weighted by molar-refractivity contribution is -0.122. The van der Waals surface area contributed by atoms with E-state index < -0.39 is 22.9 Å². The van der Waals surface area contributed by atoms with Gasteiger partial charge in [-0.1, -0.05) is 36.4 Å². The van der Waals surface area contributed by atoms with Crippen LogP contribution in [-0.4, -0.2) is 40.8 Å². The number of carbonyl (C=O) groups excluding carboxylic acids is 4. The summed E-state index contributed by atoms with van der Waals surface area (Å²) in [4.78, 5) is 49.9. The minimum Gasteiger partial charge on any atom is -0.451 e. The number of rotatable bonds is 7. The highest BCUT2D eigenvalue weighted by molar-refractivity contribution is 8.18. The fourth-order valence-corrected chi connectivity index (χ4v) is 4.12. The first-order chi connectivity index (χ1) is 16.3. The topological polar surface area (TPSA) is 96.7 Å². The second-order valence-electron chi connectivity index (χ2n) is 7.44. The lowest BCUT2D eigenvalue weighted by Gasteiger charge is -2.12. The van der Waals surface area contributed by atoms with E-state index in [0.29, 0.717) is 16.9 Å². The average molecular weight is 479 g/mol. The quantitative estimate of drug-likeness (QED) is 0.389. The van der Waals surface area contributed by atoms with Crippen molar-refractivity contribution in [3.63, 3.8) is 0 Å². The predicted molar refractivity (Wildman–Crippen MR) is 126 cm³/mol. The first-order valence-electron chi connectivity index (χ1n) is 10.3. The lowest BCUT2D eigenvalue weighted by Crippen LogP contribution is -2.37. The van der Waals surface area contributed by atoms with Gasteiger partial charge >= 0.3 is 0 Å². The molecule has 0 saturated carbocycles. The molecule has 2 aromatic carbocycles. The monoisotopic (exact) mass is 478 g/mol. The van der Waals surface area contributed by atoms with E-state index in [1.54, 1.807) is 30.3 Å². The first-order valence-corrected chi connectivity index (χ1v) is 11.1. The first kappa shape index (κ1) is 23.2. The molecule has 9 heteroatoms. The van der Waals surface area contributed by atoms with E-state index in [2.05, 4.69) is 5.32 Å². The molecule has 0 bridgehead atoms. The van der Waals surface area contributed by atoms with Crippen LogP contribution in [0, 0.1) is 5.82 Å². The molecule has 4 rings (SSSR count). The molecule has 34 heavy (non-hydrogen) atoms. The number of hydrogen-bond donors (Lipinski definition) is 1. The number of imide groups is 1. The van der Waals surface area contributed by atoms with Gasteiger partial charge in [0.05, 0.1) is 4.91 Å². The number of Topliss-reactive ketones (excluding diaryl/α,β-unsaturated/α-hetero) is 1. The van der Waals surface area contributed by atoms with E-state index in [-0.39, 0.29) is 29.5 Å². The zero-order valence-electron chi connectivity index (χ0n) is 18.0. The molecule has 7 nitrogen and oxygen atoms in total. The number of carbonyl (C=O) groups is 4. The van der Waals surface area contributed by atoms with Crippen molar-refractivity contribution in [2.45, 2.75) is 6.92 Å². The molecule has 3 amide bonds. The number of nitrogens with one attached hydrogen (secondary N) is 1. The van der Waals surface area contributed by atoms with E-state index >= 15 is 0 Å². The SMILES string of the molecule is CC(=O)c1ccc(-c2ccc(C(=O)NCCN3C(=O)S/C(=C\c4ccc(F)cc4)C3=O)o2)cc1. The third kappa shape index (κ3) is 5.15. The third-order valence-corrected chi connectivity index (χ3v) is 5.98. The number of hydrogen-bond acceptors (Lipinski definition) is 6. The Balaban J connectivity index is 1.33. The Morgan fingerprint density at radius 2 is 1.74 bits per heavy atom. The second-order valence-corrected chi connectivity index (χ2v) is 8.43. The highest BCUT2D eigenvalue weighted by Gasteiger charge is 2.34. The summed E-state index contributed by atoms with van der Waals surface area (Å²) in [5.74, 6) is -0.843. The van der Waals surface area contributed by atoms with Crippen molar-refractivity contribution < 1.29 is 28.0 Å². The summed E-state index contributed by atoms with van der Waals surface area (Å²) in [7, 11) is 0. The third-order valence-electron chi connectivity index (χ3n) is 5.07. The van der Waals surface area contributed by atoms with Crippen LogP contribution in [0.25, 0.3) is 17.4 Å². The Morgan fingerprint density at radius 1 is 1.03 bits per heavy atom. The van der Waals surface area contributed by atoms with Gasteiger partial charge in [-0.15, -0.1) is 0 Å². The van der Waals surface area contributed by atoms with Crippen LogP contribution in [0.5, 0.6) is 0 Å². The summed E-state index contributed by atoms with van der Waals surface area (Å²) >= 11 is 0.792. The van der Waals surface area contributed by atoms with Gasteiger partial charge < -0.3 is 9.73 Å². The summed E-state index contributed by atoms with van der Waals surface area (Å²) in [6, 6.07) is 15.6. The predicted octanol–water partition coefficient (Wildman–Crippen LogP) is 4.75. The maximum absolute atomic E-state index is 13.0. The van der Waals surface area contributed by atoms with Gasteiger partial charge in [0, 0.05) is 24.2 Å². The molecule has 1 saturated heterocycles. The molecule has 1 aliphatic rings. The van der Waals surface area contributed by atoms with E-state index in [1.165, 1.54) is 43.3 Å². The Morgan fingerprint density at radius 3 is 2.41 bits per heavy atom. The molecule has 0 radical (unpaired) electrons. The van der Waals surface area contributed by atoms with Crippen LogP contribution in [0.15, 0.2) is 70.0 Å². The molecule has 1 fully saturated rings. The van der Waals surface area contributed by atoms with Crippen molar-refractivity contribution in [1.29, 1.82) is 0 Å². The largest absolute Gasteiger partial charge is 0.451 e. The van der Waals surface area contributed by atoms with Crippen LogP contribution < -0.4 is 5.32 Å². The van der Waals surface area contributed by atoms with Gasteiger partial charge in [0.15, 0.2) is 11.5 Å². The normalized spacial score (nSPS) is 14.6. The van der Waals surface area contributed by atoms with Crippen molar-refractivity contribution in [3.8, 4) is 11.3 Å². The van der Waals surface area contributed by atoms with Crippen molar-refractivity contribution in [1.82, 2.24) is 10.2 Å². The van der Waals surface area contributed by atoms with Crippen LogP contribution in [0.2, 0.25) is 0 Å². The highest BCUT2D eigenvalue weighted by Crippen LogP contribution is 2.32. The fraction of sp³-hybridized carbons (Fsp3) is 0.120. The molecular formula is C25H19FN2O5S. The van der Waals surface area contributed by atoms with Gasteiger partial charge in [0.1, 0.15) is 11.6 Å². The minimum absolute atomic E-state index is 0.00274. The average Bonchev–Trinajstić information content (AvgIpc) is 3.41. The smallest absolute Gasteiger partial charge is 0.293 e. The van der Waals surface area contributed by atoms with Crippen LogP contribution in [0.3, 0.4) is 0 Å². The molecule has 0 spiro atoms. The van der Waals surface area contributed by atoms with Gasteiger partial charge in [-0.25, -0.2) is 4.39 Å². The number of amides is 3. The summed E-state index contributed by atoms with van der Waals surface area (Å²) < 4.78 is 18.7. The van der Waals surface area contributed by atoms with Gasteiger partial charge in [-0.05, 0) is 54.6 Å². The summed E-state index contributed by atoms with van der Waals surface area (Å²) in [5, 5.41) is 2.19. The van der Waals surface area contributed by atoms with Gasteiger partial charge in [0.2, 0.25) is 0 Å². The minimum atomic E-state index is -0.486. The van der Waals surface area contributed by atoms with Gasteiger partial charge in [-0.2, -0.15) is 0 Å². The molecule has 0 unspecified atom stereocenters. The number of nitrogens with zero attached hydrogens (tertiary/aromatic N) is 1. The molecule has 172 valence electrons. The number of halogens is 1. The molecule has 3 aromatic rings. The number of thioether (sulfide) groups is 1. The van der Waals surface area contributed by atoms with E-state index in [9.17, 15) is 23.6 Å². The molecule has 1 aliphatic heterocycles. The van der Waals surface area contributed by atoms with Crippen molar-refractivity contribution >= 4 is 40.7 Å². The Hall–Kier alpha value is -3.98. The Bertz CT molecular complexity index is 1300. The highest BCUT2D eigenvalue weighted by atomic mass is 32.2. The van der Waals surface area contributed by atoms with Gasteiger partial charge in [0.25, 0.3) is 17.1 Å². The Kier molecular flexibility index (Phi) is 6.74. The zero-order valence-corrected chi connectivity index (χ0v) is 18.9. The maximum atomic E-state index is 13.0. The summed E-state index contributed by atoms with van der Waals surface area (Å²) in [5.41, 5.74) is 1.90. The molecular weight excluding hydrogens is 459 g/mol. The van der Waals surface area contributed by atoms with Crippen LogP contribution >= 0.6 is 11.8 Å². The number of ketones is 1. The van der Waals surface area contributed by atoms with Crippen molar-refractivity contribution in [3.05, 3.63) is 88.3 Å². The van der Waals surface area contributed by atoms with E-state index in [0.717, 1.165) is 22.2 Å². The van der Waals surface area contributed by atoms with Crippen molar-refractivity contribution in [2.24, 2.45) is 0 Å². The zero-order chi connectivity index (χ0) is 24.2. The summed E-state index contributed by atoms with van der Waals surface area (Å²) in [6.07, 6.45) is 1.52. The molecule has 0 aliphatic carbocycles. The van der Waals surface area contributed by atoms with E-state index in [4.69, 9.17) is 4.42 Å². The standard InChI is InChI=1S/C25H19FN2O5S/c1-15(29)17-4-6-18(7-5-17)20-10-11-21(33-20)23(30)27-12-13-28-24(31)22(34-25(28)32)14-16-2-8-19(26)9-3-16/h2-11,14H,12-13H2,1H3,(H,27,30)/b22-14-. The molecule has 0 atom stereocenters. The maximum Gasteiger partial charge on any atom is 0.293 e. The number of furan rings is 1. The summed E-state index contributed by atoms with van der Waals surface area (Å²) in [6.45, 7) is 1.52. The molecule has 2 heterocycles. The van der Waals surface area contributed by atoms with Crippen LogP contribution in [-0.2, 0) is 4.79 Å². The number of benzene rings is 2. The Labute approximate surface area is 198 Å². The molecule has 1 aromatic heterocycles. The second kappa shape index (κ2) is 9.88. The van der Waals surface area contributed by atoms with Gasteiger partial charge in [-0.3, -0.25) is 24.1 Å². The lowest BCUT2D eigenvalue weighted by atomic mass is 10.1. The molecule has 1 N–H and O–H groups in total.